The number of nitrogens with one attached hydrogen (secondary N) is 1. The zero-order valence-corrected chi connectivity index (χ0v) is 14.6. The van der Waals surface area contributed by atoms with Crippen molar-refractivity contribution in [2.75, 3.05) is 31.6 Å². The second kappa shape index (κ2) is 8.10. The summed E-state index contributed by atoms with van der Waals surface area (Å²) < 4.78 is 6.76. The van der Waals surface area contributed by atoms with E-state index in [0.29, 0.717) is 57.7 Å². The van der Waals surface area contributed by atoms with Gasteiger partial charge in [0.25, 0.3) is 0 Å². The fourth-order valence-electron chi connectivity index (χ4n) is 2.77. The Bertz CT molecular complexity index is 723. The summed E-state index contributed by atoms with van der Waals surface area (Å²) in [5, 5.41) is 14.9. The number of amides is 2. The largest absolute Gasteiger partial charge is 0.378 e. The van der Waals surface area contributed by atoms with Crippen molar-refractivity contribution in [2.24, 2.45) is 10.2 Å². The number of ether oxygens (including phenoxy) is 1. The predicted octanol–water partition coefficient (Wildman–Crippen LogP) is 1.04. The molecule has 0 unspecified atom stereocenters. The van der Waals surface area contributed by atoms with Crippen molar-refractivity contribution in [3.8, 4) is 12.3 Å². The van der Waals surface area contributed by atoms with Gasteiger partial charge in [0.05, 0.1) is 25.1 Å². The minimum absolute atomic E-state index is 0.0123. The number of aromatic nitrogens is 2. The number of morpholine rings is 1. The molecule has 2 amide bonds. The lowest BCUT2D eigenvalue weighted by molar-refractivity contribution is -0.136. The molecule has 0 radical (unpaired) electrons. The van der Waals surface area contributed by atoms with E-state index in [2.05, 4.69) is 26.6 Å². The molecule has 9 nitrogen and oxygen atoms in total. The zero-order valence-electron chi connectivity index (χ0n) is 14.6. The van der Waals surface area contributed by atoms with Crippen LogP contribution in [0.25, 0.3) is 0 Å². The fraction of sp³-hybridized carbons (Fsp3) is 0.588. The normalized spacial score (nSPS) is 17.6. The van der Waals surface area contributed by atoms with Crippen molar-refractivity contribution in [1.82, 2.24) is 14.7 Å². The van der Waals surface area contributed by atoms with Crippen molar-refractivity contribution in [2.45, 2.75) is 37.9 Å². The van der Waals surface area contributed by atoms with Crippen molar-refractivity contribution < 1.29 is 14.3 Å². The first-order valence-electron chi connectivity index (χ1n) is 8.66. The van der Waals surface area contributed by atoms with Gasteiger partial charge in [0.15, 0.2) is 5.66 Å². The van der Waals surface area contributed by atoms with Crippen LogP contribution in [-0.4, -0.2) is 58.5 Å². The molecule has 0 saturated carbocycles. The van der Waals surface area contributed by atoms with E-state index in [9.17, 15) is 9.59 Å². The van der Waals surface area contributed by atoms with Crippen LogP contribution in [0.5, 0.6) is 0 Å². The molecular formula is C17H22N6O3. The van der Waals surface area contributed by atoms with Crippen LogP contribution in [0.2, 0.25) is 0 Å². The van der Waals surface area contributed by atoms with Crippen LogP contribution in [-0.2, 0) is 20.9 Å². The number of terminal acetylenes is 1. The van der Waals surface area contributed by atoms with Crippen LogP contribution >= 0.6 is 0 Å². The minimum Gasteiger partial charge on any atom is -0.378 e. The first-order chi connectivity index (χ1) is 12.6. The SMILES string of the molecule is C#CCCC1(CCC(=O)Nc2cnn(CC(=O)N3CCOCC3)c2)N=N1. The smallest absolute Gasteiger partial charge is 0.244 e. The molecule has 0 spiro atoms. The third-order valence-corrected chi connectivity index (χ3v) is 4.38. The highest BCUT2D eigenvalue weighted by atomic mass is 16.5. The Kier molecular flexibility index (Phi) is 5.63. The summed E-state index contributed by atoms with van der Waals surface area (Å²) >= 11 is 0. The maximum atomic E-state index is 12.2. The predicted molar refractivity (Wildman–Crippen MR) is 93.1 cm³/mol. The van der Waals surface area contributed by atoms with Gasteiger partial charge in [-0.05, 0) is 0 Å². The van der Waals surface area contributed by atoms with Crippen molar-refractivity contribution in [3.05, 3.63) is 12.4 Å². The quantitative estimate of drug-likeness (QED) is 0.702. The van der Waals surface area contributed by atoms with Gasteiger partial charge in [-0.25, -0.2) is 0 Å². The number of hydrogen-bond acceptors (Lipinski definition) is 6. The van der Waals surface area contributed by atoms with Crippen LogP contribution in [0.1, 0.15) is 25.7 Å². The number of carbonyl (C=O) groups is 2. The summed E-state index contributed by atoms with van der Waals surface area (Å²) in [7, 11) is 0. The molecule has 9 heteroatoms. The molecule has 3 rings (SSSR count). The van der Waals surface area contributed by atoms with E-state index in [1.54, 1.807) is 11.1 Å². The van der Waals surface area contributed by atoms with Gasteiger partial charge in [0, 0.05) is 45.0 Å². The third-order valence-electron chi connectivity index (χ3n) is 4.38. The summed E-state index contributed by atoms with van der Waals surface area (Å²) in [6.45, 7) is 2.46. The Morgan fingerprint density at radius 2 is 2.08 bits per heavy atom. The van der Waals surface area contributed by atoms with E-state index < -0.39 is 5.66 Å². The van der Waals surface area contributed by atoms with Gasteiger partial charge in [0.2, 0.25) is 11.8 Å². The Hall–Kier alpha value is -2.73. The van der Waals surface area contributed by atoms with Gasteiger partial charge >= 0.3 is 0 Å². The van der Waals surface area contributed by atoms with Gasteiger partial charge in [-0.2, -0.15) is 15.3 Å². The van der Waals surface area contributed by atoms with Gasteiger partial charge in [-0.1, -0.05) is 0 Å². The highest BCUT2D eigenvalue weighted by Gasteiger charge is 2.39. The van der Waals surface area contributed by atoms with Crippen LogP contribution in [0.15, 0.2) is 22.6 Å². The molecule has 1 saturated heterocycles. The Labute approximate surface area is 151 Å². The van der Waals surface area contributed by atoms with E-state index in [4.69, 9.17) is 11.2 Å². The molecule has 1 N–H and O–H groups in total. The van der Waals surface area contributed by atoms with Crippen molar-refractivity contribution in [1.29, 1.82) is 0 Å². The third kappa shape index (κ3) is 4.89. The highest BCUT2D eigenvalue weighted by Crippen LogP contribution is 2.37. The lowest BCUT2D eigenvalue weighted by Crippen LogP contribution is -2.42. The van der Waals surface area contributed by atoms with E-state index in [-0.39, 0.29) is 18.4 Å². The molecule has 138 valence electrons. The second-order valence-electron chi connectivity index (χ2n) is 6.35. The van der Waals surface area contributed by atoms with E-state index in [1.807, 2.05) is 0 Å². The van der Waals surface area contributed by atoms with Crippen LogP contribution in [0, 0.1) is 12.3 Å². The summed E-state index contributed by atoms with van der Waals surface area (Å²) in [6.07, 6.45) is 10.6. The van der Waals surface area contributed by atoms with Gasteiger partial charge < -0.3 is 15.0 Å². The molecule has 26 heavy (non-hydrogen) atoms. The topological polar surface area (TPSA) is 101 Å². The van der Waals surface area contributed by atoms with E-state index >= 15 is 0 Å². The number of rotatable bonds is 8. The number of hydrogen-bond donors (Lipinski definition) is 1. The molecule has 0 atom stereocenters. The molecule has 1 aromatic rings. The van der Waals surface area contributed by atoms with E-state index in [1.165, 1.54) is 10.9 Å². The summed E-state index contributed by atoms with van der Waals surface area (Å²) in [4.78, 5) is 26.0. The van der Waals surface area contributed by atoms with Crippen LogP contribution < -0.4 is 5.32 Å². The Balaban J connectivity index is 1.42. The Morgan fingerprint density at radius 3 is 2.77 bits per heavy atom. The molecule has 2 aliphatic rings. The molecule has 1 aromatic heterocycles. The van der Waals surface area contributed by atoms with Crippen LogP contribution in [0.4, 0.5) is 5.69 Å². The Morgan fingerprint density at radius 1 is 1.31 bits per heavy atom. The molecule has 0 aromatic carbocycles. The minimum atomic E-state index is -0.460. The number of nitrogens with zero attached hydrogens (tertiary/aromatic N) is 5. The molecule has 2 aliphatic heterocycles. The summed E-state index contributed by atoms with van der Waals surface area (Å²) in [6, 6.07) is 0. The monoisotopic (exact) mass is 358 g/mol. The molecule has 3 heterocycles. The fourth-order valence-corrected chi connectivity index (χ4v) is 2.77. The van der Waals surface area contributed by atoms with Gasteiger partial charge in [0.1, 0.15) is 6.54 Å². The summed E-state index contributed by atoms with van der Waals surface area (Å²) in [5.74, 6) is 2.41. The number of anilines is 1. The maximum absolute atomic E-state index is 12.2. The summed E-state index contributed by atoms with van der Waals surface area (Å²) in [5.41, 5.74) is 0.102. The first kappa shape index (κ1) is 18.1. The lowest BCUT2D eigenvalue weighted by Gasteiger charge is -2.26. The maximum Gasteiger partial charge on any atom is 0.244 e. The van der Waals surface area contributed by atoms with Gasteiger partial charge in [-0.15, -0.1) is 12.3 Å². The molecule has 1 fully saturated rings. The second-order valence-corrected chi connectivity index (χ2v) is 6.35. The standard InChI is InChI=1S/C17H22N6O3/c1-2-3-5-17(20-21-17)6-4-15(24)19-14-11-18-23(12-14)13-16(25)22-7-9-26-10-8-22/h1,11-12H,3-10,13H2,(H,19,24). The first-order valence-corrected chi connectivity index (χ1v) is 8.66. The molecule has 0 aliphatic carbocycles. The van der Waals surface area contributed by atoms with Crippen molar-refractivity contribution in [3.63, 3.8) is 0 Å². The molecule has 0 bridgehead atoms. The van der Waals surface area contributed by atoms with Gasteiger partial charge in [-0.3, -0.25) is 14.3 Å². The highest BCUT2D eigenvalue weighted by molar-refractivity contribution is 5.90. The average Bonchev–Trinajstić information content (AvgIpc) is 3.31. The molecular weight excluding hydrogens is 336 g/mol. The number of carbonyl (C=O) groups excluding carboxylic acids is 2. The van der Waals surface area contributed by atoms with Crippen LogP contribution in [0.3, 0.4) is 0 Å². The lowest BCUT2D eigenvalue weighted by atomic mass is 10.0. The average molecular weight is 358 g/mol. The zero-order chi connectivity index (χ0) is 18.4. The van der Waals surface area contributed by atoms with E-state index in [0.717, 1.165) is 0 Å². The van der Waals surface area contributed by atoms with Crippen molar-refractivity contribution >= 4 is 17.5 Å².